The lowest BCUT2D eigenvalue weighted by Gasteiger charge is -2.31. The molecule has 0 saturated heterocycles. The number of fused-ring (bicyclic) bond motifs is 1. The van der Waals surface area contributed by atoms with Crippen LogP contribution in [0.5, 0.6) is 0 Å². The van der Waals surface area contributed by atoms with Crippen molar-refractivity contribution in [1.29, 1.82) is 0 Å². The molecule has 0 radical (unpaired) electrons. The molecule has 1 fully saturated rings. The number of hydrogen-bond acceptors (Lipinski definition) is 9. The van der Waals surface area contributed by atoms with E-state index >= 15 is 0 Å². The van der Waals surface area contributed by atoms with E-state index in [1.54, 1.807) is 30.6 Å². The molecule has 1 aliphatic heterocycles. The minimum atomic E-state index is -4.53. The number of hydrogen-bond donors (Lipinski definition) is 4. The van der Waals surface area contributed by atoms with Gasteiger partial charge in [0.05, 0.1) is 28.7 Å². The lowest BCUT2D eigenvalue weighted by atomic mass is 10.0. The fraction of sp³-hybridized carbons (Fsp3) is 0.237. The summed E-state index contributed by atoms with van der Waals surface area (Å²) in [4.78, 5) is 54.0. The number of alkyl halides is 6. The average molecular weight is 779 g/mol. The van der Waals surface area contributed by atoms with Crippen LogP contribution in [0.2, 0.25) is 0 Å². The first-order valence-electron chi connectivity index (χ1n) is 17.0. The summed E-state index contributed by atoms with van der Waals surface area (Å²) in [5.41, 5.74) is 2.68. The van der Waals surface area contributed by atoms with Crippen molar-refractivity contribution in [2.24, 2.45) is 0 Å². The van der Waals surface area contributed by atoms with Crippen LogP contribution in [0.1, 0.15) is 72.1 Å². The van der Waals surface area contributed by atoms with Crippen molar-refractivity contribution in [3.05, 3.63) is 130 Å². The Kier molecular flexibility index (Phi) is 11.2. The lowest BCUT2D eigenvalue weighted by molar-refractivity contribution is -0.138. The second kappa shape index (κ2) is 16.0. The summed E-state index contributed by atoms with van der Waals surface area (Å²) in [6.07, 6.45) is -2.23. The van der Waals surface area contributed by atoms with Gasteiger partial charge in [0, 0.05) is 60.4 Å². The van der Waals surface area contributed by atoms with Crippen molar-refractivity contribution in [3.8, 4) is 0 Å². The monoisotopic (exact) mass is 778 g/mol. The van der Waals surface area contributed by atoms with Crippen LogP contribution in [-0.4, -0.2) is 55.4 Å². The summed E-state index contributed by atoms with van der Waals surface area (Å²) in [5.74, 6) is -1.85. The molecule has 2 aliphatic rings. The van der Waals surface area contributed by atoms with E-state index < -0.39 is 41.0 Å². The number of halogens is 6. The summed E-state index contributed by atoms with van der Waals surface area (Å²) < 4.78 is 75.3. The van der Waals surface area contributed by atoms with Gasteiger partial charge in [-0.25, -0.2) is 24.7 Å². The van der Waals surface area contributed by atoms with Crippen molar-refractivity contribution in [2.45, 2.75) is 51.1 Å². The summed E-state index contributed by atoms with van der Waals surface area (Å²) in [7, 11) is 0. The van der Waals surface area contributed by atoms with E-state index in [0.29, 0.717) is 54.7 Å². The number of aromatic nitrogens is 4. The molecule has 7 rings (SSSR count). The van der Waals surface area contributed by atoms with Crippen LogP contribution in [0.15, 0.2) is 85.3 Å². The Bertz CT molecular complexity index is 2260. The highest BCUT2D eigenvalue weighted by Crippen LogP contribution is 2.32. The molecule has 2 aromatic carbocycles. The summed E-state index contributed by atoms with van der Waals surface area (Å²) >= 11 is 0. The molecule has 12 nitrogen and oxygen atoms in total. The number of nitrogens with one attached hydrogen (secondary N) is 3. The van der Waals surface area contributed by atoms with Crippen LogP contribution in [-0.2, 0) is 25.3 Å². The molecule has 56 heavy (non-hydrogen) atoms. The number of pyridine rings is 2. The zero-order valence-corrected chi connectivity index (χ0v) is 29.4. The van der Waals surface area contributed by atoms with Crippen molar-refractivity contribution < 1.29 is 45.8 Å². The first-order valence-corrected chi connectivity index (χ1v) is 17.0. The molecule has 4 N–H and O–H groups in total. The van der Waals surface area contributed by atoms with Crippen LogP contribution in [0.25, 0.3) is 0 Å². The fourth-order valence-electron chi connectivity index (χ4n) is 5.59. The Labute approximate surface area is 315 Å². The third-order valence-electron chi connectivity index (χ3n) is 8.66. The second-order valence-electron chi connectivity index (χ2n) is 12.9. The van der Waals surface area contributed by atoms with Gasteiger partial charge in [0.2, 0.25) is 5.95 Å². The fourth-order valence-corrected chi connectivity index (χ4v) is 5.59. The maximum absolute atomic E-state index is 13.1. The molecule has 0 atom stereocenters. The molecule has 18 heteroatoms. The van der Waals surface area contributed by atoms with Crippen molar-refractivity contribution in [1.82, 2.24) is 25.3 Å². The van der Waals surface area contributed by atoms with Gasteiger partial charge in [-0.05, 0) is 79.9 Å². The zero-order valence-electron chi connectivity index (χ0n) is 29.4. The van der Waals surface area contributed by atoms with Gasteiger partial charge in [-0.3, -0.25) is 9.59 Å². The lowest BCUT2D eigenvalue weighted by Crippen LogP contribution is -2.32. The number of carbonyl (C=O) groups is 3. The van der Waals surface area contributed by atoms with Crippen LogP contribution >= 0.6 is 0 Å². The van der Waals surface area contributed by atoms with Gasteiger partial charge in [0.1, 0.15) is 11.4 Å². The Hall–Kier alpha value is -6.59. The van der Waals surface area contributed by atoms with Gasteiger partial charge in [0.25, 0.3) is 11.8 Å². The molecule has 3 aromatic heterocycles. The van der Waals surface area contributed by atoms with E-state index in [-0.39, 0.29) is 17.5 Å². The highest BCUT2D eigenvalue weighted by Gasteiger charge is 2.32. The predicted octanol–water partition coefficient (Wildman–Crippen LogP) is 7.45. The largest absolute Gasteiger partial charge is 0.477 e. The second-order valence-corrected chi connectivity index (χ2v) is 12.9. The molecular formula is C38H32F6N8O4. The maximum Gasteiger partial charge on any atom is 0.416 e. The number of amides is 2. The van der Waals surface area contributed by atoms with Crippen molar-refractivity contribution in [2.75, 3.05) is 22.1 Å². The average Bonchev–Trinajstić information content (AvgIpc) is 3.99. The van der Waals surface area contributed by atoms with Gasteiger partial charge in [-0.15, -0.1) is 0 Å². The van der Waals surface area contributed by atoms with Crippen LogP contribution < -0.4 is 20.9 Å². The van der Waals surface area contributed by atoms with E-state index in [0.717, 1.165) is 53.7 Å². The number of carboxylic acid groups (broad SMARTS) is 1. The van der Waals surface area contributed by atoms with Gasteiger partial charge in [0.15, 0.2) is 0 Å². The molecule has 4 heterocycles. The minimum absolute atomic E-state index is 0.0730. The molecule has 0 bridgehead atoms. The molecule has 5 aromatic rings. The quantitative estimate of drug-likeness (QED) is 0.117. The molecule has 2 amide bonds. The van der Waals surface area contributed by atoms with E-state index in [9.17, 15) is 40.7 Å². The van der Waals surface area contributed by atoms with Crippen molar-refractivity contribution >= 4 is 40.8 Å². The topological polar surface area (TPSA) is 162 Å². The Morgan fingerprint density at radius 3 is 2.21 bits per heavy atom. The van der Waals surface area contributed by atoms with E-state index in [1.807, 2.05) is 19.1 Å². The number of rotatable bonds is 8. The first kappa shape index (κ1) is 39.1. The third-order valence-corrected chi connectivity index (χ3v) is 8.66. The van der Waals surface area contributed by atoms with E-state index in [1.165, 1.54) is 12.1 Å². The summed E-state index contributed by atoms with van der Waals surface area (Å²) in [5, 5.41) is 17.1. The predicted molar refractivity (Wildman–Crippen MR) is 192 cm³/mol. The third kappa shape index (κ3) is 9.93. The van der Waals surface area contributed by atoms with Crippen molar-refractivity contribution in [3.63, 3.8) is 0 Å². The first-order chi connectivity index (χ1) is 26.5. The summed E-state index contributed by atoms with van der Waals surface area (Å²) in [6.45, 7) is 3.18. The van der Waals surface area contributed by atoms with Crippen LogP contribution in [0.4, 0.5) is 49.4 Å². The Morgan fingerprint density at radius 1 is 0.804 bits per heavy atom. The summed E-state index contributed by atoms with van der Waals surface area (Å²) in [6, 6.07) is 14.7. The number of anilines is 4. The molecule has 290 valence electrons. The smallest absolute Gasteiger partial charge is 0.416 e. The van der Waals surface area contributed by atoms with Gasteiger partial charge >= 0.3 is 18.3 Å². The number of aromatic carboxylic acids is 1. The molecule has 0 unspecified atom stereocenters. The number of carbonyl (C=O) groups excluding carboxylic acids is 2. The van der Waals surface area contributed by atoms with E-state index in [2.05, 4.69) is 40.8 Å². The molecule has 0 spiro atoms. The van der Waals surface area contributed by atoms with Gasteiger partial charge in [-0.1, -0.05) is 12.1 Å². The van der Waals surface area contributed by atoms with Gasteiger partial charge in [-0.2, -0.15) is 26.3 Å². The minimum Gasteiger partial charge on any atom is -0.477 e. The van der Waals surface area contributed by atoms with Gasteiger partial charge < -0.3 is 26.0 Å². The maximum atomic E-state index is 13.1. The standard InChI is InChI=1S/C31H28F3N7O2.C7H4F3NO2/c1-18-5-6-23(38-28(42)19-3-2-4-21(13-19)31(32,33)34)14-27(18)41-12-11-25-20(17-41)15-36-30(40-25)39-24-9-10-26(35-16-24)29(43)37-22-7-8-22;8-7(9,10)4-1-2-11-5(3-4)6(12)13/h2-6,9-10,13-16,22H,7-8,11-12,17H2,1H3,(H,37,43)(H,38,42)(H,36,39,40);1-3H,(H,12,13). The number of aryl methyl sites for hydroxylation is 1. The number of nitrogens with zero attached hydrogens (tertiary/aromatic N) is 5. The zero-order chi connectivity index (χ0) is 40.2. The Balaban J connectivity index is 0.000000348. The highest BCUT2D eigenvalue weighted by molar-refractivity contribution is 6.04. The SMILES string of the molecule is Cc1ccc(NC(=O)c2cccc(C(F)(F)F)c2)cc1N1CCc2nc(Nc3ccc(C(=O)NC4CC4)nc3)ncc2C1.O=C(O)c1cc(C(F)(F)F)ccn1. The number of carboxylic acids is 1. The van der Waals surface area contributed by atoms with Crippen LogP contribution in [0, 0.1) is 6.92 Å². The molecule has 1 aliphatic carbocycles. The molecule has 1 saturated carbocycles. The van der Waals surface area contributed by atoms with E-state index in [4.69, 9.17) is 5.11 Å². The van der Waals surface area contributed by atoms with Crippen LogP contribution in [0.3, 0.4) is 0 Å². The normalized spacial score (nSPS) is 13.8. The number of benzene rings is 2. The highest BCUT2D eigenvalue weighted by atomic mass is 19.4. The Morgan fingerprint density at radius 2 is 1.54 bits per heavy atom. The molecular weight excluding hydrogens is 746 g/mol.